The number of imidazole rings is 1. The molecule has 1 heterocycles. The van der Waals surface area contributed by atoms with Gasteiger partial charge in [0, 0.05) is 29.3 Å². The summed E-state index contributed by atoms with van der Waals surface area (Å²) in [6, 6.07) is 19.0. The number of H-pyrrole nitrogens is 1. The fraction of sp³-hybridized carbons (Fsp3) is 0.394. The van der Waals surface area contributed by atoms with Crippen LogP contribution < -0.4 is 10.7 Å². The summed E-state index contributed by atoms with van der Waals surface area (Å²) in [5.74, 6) is 1.84. The minimum atomic E-state index is -0.392. The minimum absolute atomic E-state index is 0.193. The van der Waals surface area contributed by atoms with Gasteiger partial charge in [-0.05, 0) is 71.2 Å². The Kier molecular flexibility index (Phi) is 13.1. The number of nitrogens with zero attached hydrogens (tertiary/aromatic N) is 2. The first-order valence-electron chi connectivity index (χ1n) is 13.7. The van der Waals surface area contributed by atoms with Crippen molar-refractivity contribution in [3.05, 3.63) is 82.5 Å². The van der Waals surface area contributed by atoms with E-state index in [1.54, 1.807) is 4.90 Å². The highest BCUT2D eigenvalue weighted by atomic mass is 32.2. The maximum atomic E-state index is 11.6. The molecule has 1 aromatic heterocycles. The monoisotopic (exact) mass is 547 g/mol. The molecule has 0 radical (unpaired) electrons. The molecule has 39 heavy (non-hydrogen) atoms. The van der Waals surface area contributed by atoms with Gasteiger partial charge in [0.25, 0.3) is 0 Å². The maximum Gasteiger partial charge on any atom is 0.410 e. The number of rotatable bonds is 9. The smallest absolute Gasteiger partial charge is 0.410 e. The number of carbonyl (C=O) groups is 1. The van der Waals surface area contributed by atoms with Crippen LogP contribution in [0.4, 0.5) is 4.79 Å². The van der Waals surface area contributed by atoms with Crippen LogP contribution in [-0.4, -0.2) is 39.7 Å². The van der Waals surface area contributed by atoms with Crippen LogP contribution in [0.3, 0.4) is 0 Å². The first-order valence-corrected chi connectivity index (χ1v) is 14.7. The SMILES string of the molecule is C=c1[nH]c(-c2ccc(SCc3ccccc3)cc2)n/c1=C/C=C(C)C.CCCN(CCC)C(=O)OC(C)(C)C. The van der Waals surface area contributed by atoms with E-state index in [9.17, 15) is 4.79 Å². The molecule has 0 aliphatic heterocycles. The van der Waals surface area contributed by atoms with E-state index < -0.39 is 5.60 Å². The Morgan fingerprint density at radius 1 is 1.03 bits per heavy atom. The Bertz CT molecular complexity index is 1280. The molecule has 6 heteroatoms. The highest BCUT2D eigenvalue weighted by molar-refractivity contribution is 7.98. The number of benzene rings is 2. The van der Waals surface area contributed by atoms with Crippen molar-refractivity contribution in [2.75, 3.05) is 13.1 Å². The van der Waals surface area contributed by atoms with Gasteiger partial charge in [0.05, 0.1) is 10.7 Å². The third kappa shape index (κ3) is 12.0. The highest BCUT2D eigenvalue weighted by Crippen LogP contribution is 2.24. The zero-order valence-corrected chi connectivity index (χ0v) is 25.5. The van der Waals surface area contributed by atoms with Crippen LogP contribution in [0.5, 0.6) is 0 Å². The van der Waals surface area contributed by atoms with Gasteiger partial charge < -0.3 is 14.6 Å². The van der Waals surface area contributed by atoms with Gasteiger partial charge >= 0.3 is 6.09 Å². The molecule has 3 aromatic rings. The van der Waals surface area contributed by atoms with Gasteiger partial charge in [0.1, 0.15) is 11.4 Å². The predicted molar refractivity (Wildman–Crippen MR) is 167 cm³/mol. The van der Waals surface area contributed by atoms with E-state index in [1.807, 2.05) is 44.7 Å². The van der Waals surface area contributed by atoms with Crippen LogP contribution in [0.2, 0.25) is 0 Å². The Morgan fingerprint density at radius 3 is 2.18 bits per heavy atom. The molecule has 0 bridgehead atoms. The van der Waals surface area contributed by atoms with Crippen LogP contribution >= 0.6 is 11.8 Å². The van der Waals surface area contributed by atoms with Gasteiger partial charge in [-0.1, -0.05) is 74.5 Å². The molecular formula is C33H45N3O2S. The summed E-state index contributed by atoms with van der Waals surface area (Å²) >= 11 is 1.84. The molecule has 1 N–H and O–H groups in total. The number of thioether (sulfide) groups is 1. The lowest BCUT2D eigenvalue weighted by Crippen LogP contribution is -2.37. The first kappa shape index (κ1) is 32.0. The Morgan fingerprint density at radius 2 is 1.64 bits per heavy atom. The van der Waals surface area contributed by atoms with E-state index in [0.717, 1.165) is 53.8 Å². The van der Waals surface area contributed by atoms with Crippen LogP contribution in [0.1, 0.15) is 66.9 Å². The number of ether oxygens (including phenoxy) is 1. The number of carbonyl (C=O) groups excluding carboxylic acids is 1. The number of hydrogen-bond donors (Lipinski definition) is 1. The van der Waals surface area contributed by atoms with Crippen molar-refractivity contribution in [2.45, 2.75) is 77.6 Å². The van der Waals surface area contributed by atoms with Crippen molar-refractivity contribution < 1.29 is 9.53 Å². The molecule has 5 nitrogen and oxygen atoms in total. The Labute approximate surface area is 239 Å². The molecule has 0 saturated heterocycles. The third-order valence-corrected chi connectivity index (χ3v) is 6.48. The van der Waals surface area contributed by atoms with Crippen molar-refractivity contribution >= 4 is 30.5 Å². The second kappa shape index (κ2) is 16.0. The molecule has 0 unspecified atom stereocenters. The first-order chi connectivity index (χ1) is 18.5. The average Bonchev–Trinajstić information content (AvgIpc) is 3.26. The molecular weight excluding hydrogens is 502 g/mol. The number of aromatic amines is 1. The third-order valence-electron chi connectivity index (χ3n) is 5.40. The standard InChI is InChI=1S/C22H22N2S.C11H23NO2/c1-16(2)9-14-21-17(3)23-22(24-21)19-10-12-20(13-11-19)25-15-18-7-5-4-6-8-18;1-6-8-12(9-7-2)10(13)14-11(3,4)5/h4-14H,3,15H2,1-2H3,(H,23,24);6-9H2,1-5H3/b21-14+;. The van der Waals surface area contributed by atoms with Gasteiger partial charge in [-0.15, -0.1) is 11.8 Å². The zero-order chi connectivity index (χ0) is 28.8. The maximum absolute atomic E-state index is 11.6. The molecule has 0 fully saturated rings. The lowest BCUT2D eigenvalue weighted by atomic mass is 10.2. The summed E-state index contributed by atoms with van der Waals surface area (Å²) in [4.78, 5) is 22.6. The predicted octanol–water partition coefficient (Wildman–Crippen LogP) is 7.57. The number of amides is 1. The number of aromatic nitrogens is 2. The summed E-state index contributed by atoms with van der Waals surface area (Å²) < 4.78 is 5.29. The van der Waals surface area contributed by atoms with E-state index >= 15 is 0 Å². The summed E-state index contributed by atoms with van der Waals surface area (Å²) in [5, 5.41) is 1.73. The quantitative estimate of drug-likeness (QED) is 0.281. The van der Waals surface area contributed by atoms with Crippen molar-refractivity contribution in [3.63, 3.8) is 0 Å². The van der Waals surface area contributed by atoms with Gasteiger partial charge in [-0.2, -0.15) is 0 Å². The molecule has 210 valence electrons. The topological polar surface area (TPSA) is 58.2 Å². The molecule has 0 saturated carbocycles. The summed E-state index contributed by atoms with van der Waals surface area (Å²) in [6.45, 7) is 19.5. The summed E-state index contributed by atoms with van der Waals surface area (Å²) in [6.07, 6.45) is 5.80. The van der Waals surface area contributed by atoms with Crippen LogP contribution in [0.15, 0.2) is 71.1 Å². The van der Waals surface area contributed by atoms with Crippen LogP contribution in [0.25, 0.3) is 24.0 Å². The van der Waals surface area contributed by atoms with E-state index in [4.69, 9.17) is 4.74 Å². The second-order valence-electron chi connectivity index (χ2n) is 10.6. The van der Waals surface area contributed by atoms with E-state index in [1.165, 1.54) is 16.0 Å². The van der Waals surface area contributed by atoms with E-state index in [-0.39, 0.29) is 6.09 Å². The van der Waals surface area contributed by atoms with Crippen molar-refractivity contribution in [1.29, 1.82) is 0 Å². The lowest BCUT2D eigenvalue weighted by molar-refractivity contribution is 0.0250. The van der Waals surface area contributed by atoms with Gasteiger partial charge in [0.15, 0.2) is 0 Å². The van der Waals surface area contributed by atoms with Crippen LogP contribution in [0, 0.1) is 0 Å². The number of allylic oxidation sites excluding steroid dienone is 2. The highest BCUT2D eigenvalue weighted by Gasteiger charge is 2.20. The van der Waals surface area contributed by atoms with Crippen LogP contribution in [-0.2, 0) is 10.5 Å². The fourth-order valence-electron chi connectivity index (χ4n) is 3.55. The normalized spacial score (nSPS) is 11.4. The van der Waals surface area contributed by atoms with Crippen molar-refractivity contribution in [1.82, 2.24) is 14.9 Å². The summed E-state index contributed by atoms with van der Waals surface area (Å²) in [5.41, 5.74) is 3.26. The Hall–Kier alpha value is -3.25. The van der Waals surface area contributed by atoms with Gasteiger partial charge in [-0.3, -0.25) is 0 Å². The number of hydrogen-bond acceptors (Lipinski definition) is 4. The van der Waals surface area contributed by atoms with Crippen molar-refractivity contribution in [2.24, 2.45) is 0 Å². The molecule has 0 aliphatic rings. The largest absolute Gasteiger partial charge is 0.444 e. The van der Waals surface area contributed by atoms with E-state index in [0.29, 0.717) is 0 Å². The average molecular weight is 548 g/mol. The van der Waals surface area contributed by atoms with Gasteiger partial charge in [-0.25, -0.2) is 9.78 Å². The minimum Gasteiger partial charge on any atom is -0.444 e. The Balaban J connectivity index is 0.000000326. The summed E-state index contributed by atoms with van der Waals surface area (Å²) in [7, 11) is 0. The molecule has 0 atom stereocenters. The molecule has 0 spiro atoms. The second-order valence-corrected chi connectivity index (χ2v) is 11.7. The van der Waals surface area contributed by atoms with E-state index in [2.05, 4.69) is 98.8 Å². The lowest BCUT2D eigenvalue weighted by Gasteiger charge is -2.26. The van der Waals surface area contributed by atoms with Gasteiger partial charge in [0.2, 0.25) is 0 Å². The zero-order valence-electron chi connectivity index (χ0n) is 24.7. The fourth-order valence-corrected chi connectivity index (χ4v) is 4.41. The molecule has 0 aliphatic carbocycles. The molecule has 2 aromatic carbocycles. The van der Waals surface area contributed by atoms with Crippen molar-refractivity contribution in [3.8, 4) is 11.4 Å². The molecule has 3 rings (SSSR count). The number of nitrogens with one attached hydrogen (secondary N) is 1. The molecule has 1 amide bonds.